The van der Waals surface area contributed by atoms with Crippen LogP contribution in [0.4, 0.5) is 22.0 Å². The molecule has 0 saturated heterocycles. The van der Waals surface area contributed by atoms with Crippen LogP contribution in [0.1, 0.15) is 21.8 Å². The summed E-state index contributed by atoms with van der Waals surface area (Å²) < 4.78 is 67.4. The highest BCUT2D eigenvalue weighted by Crippen LogP contribution is 2.37. The molecule has 2 nitrogen and oxygen atoms in total. The molecule has 0 atom stereocenters. The molecule has 9 heteroatoms. The van der Waals surface area contributed by atoms with E-state index in [1.165, 1.54) is 11.3 Å². The van der Waals surface area contributed by atoms with Gasteiger partial charge in [-0.1, -0.05) is 0 Å². The van der Waals surface area contributed by atoms with E-state index in [-0.39, 0.29) is 0 Å². The maximum absolute atomic E-state index is 13.8. The van der Waals surface area contributed by atoms with E-state index in [2.05, 4.69) is 9.97 Å². The highest BCUT2D eigenvalue weighted by atomic mass is 32.2. The number of aromatic nitrogens is 2. The van der Waals surface area contributed by atoms with Crippen molar-refractivity contribution in [2.45, 2.75) is 31.6 Å². The number of thiophene rings is 1. The van der Waals surface area contributed by atoms with E-state index in [9.17, 15) is 22.0 Å². The smallest absolute Gasteiger partial charge is 0.200 e. The fraction of sp³-hybridized carbons (Fsp3) is 0.250. The van der Waals surface area contributed by atoms with Crippen molar-refractivity contribution in [2.24, 2.45) is 0 Å². The summed E-state index contributed by atoms with van der Waals surface area (Å²) in [7, 11) is 0. The molecular formula is C16H11F5N2S2. The highest BCUT2D eigenvalue weighted by molar-refractivity contribution is 7.98. The lowest BCUT2D eigenvalue weighted by atomic mass is 10.2. The lowest BCUT2D eigenvalue weighted by Gasteiger charge is -2.09. The molecule has 0 saturated carbocycles. The zero-order valence-corrected chi connectivity index (χ0v) is 14.9. The molecule has 2 aromatic heterocycles. The first-order valence-electron chi connectivity index (χ1n) is 7.09. The van der Waals surface area contributed by atoms with Gasteiger partial charge in [0, 0.05) is 21.6 Å². The van der Waals surface area contributed by atoms with Gasteiger partial charge in [-0.3, -0.25) is 0 Å². The number of thioether (sulfide) groups is 1. The first kappa shape index (κ1) is 18.1. The van der Waals surface area contributed by atoms with Gasteiger partial charge >= 0.3 is 0 Å². The number of aryl methyl sites for hydroxylation is 3. The molecule has 0 unspecified atom stereocenters. The van der Waals surface area contributed by atoms with Crippen LogP contribution in [0, 0.1) is 49.9 Å². The monoisotopic (exact) mass is 390 g/mol. The fourth-order valence-corrected chi connectivity index (χ4v) is 4.60. The van der Waals surface area contributed by atoms with Crippen molar-refractivity contribution in [1.82, 2.24) is 9.97 Å². The third-order valence-corrected chi connectivity index (χ3v) is 5.86. The summed E-state index contributed by atoms with van der Waals surface area (Å²) in [6.07, 6.45) is 0. The van der Waals surface area contributed by atoms with Crippen molar-refractivity contribution in [3.8, 4) is 0 Å². The van der Waals surface area contributed by atoms with Gasteiger partial charge in [-0.05, 0) is 26.3 Å². The Balaban J connectivity index is 2.05. The second-order valence-electron chi connectivity index (χ2n) is 5.38. The van der Waals surface area contributed by atoms with Crippen LogP contribution in [0.3, 0.4) is 0 Å². The van der Waals surface area contributed by atoms with E-state index in [0.29, 0.717) is 10.9 Å². The first-order valence-corrected chi connectivity index (χ1v) is 8.90. The molecular weight excluding hydrogens is 379 g/mol. The predicted octanol–water partition coefficient (Wildman–Crippen LogP) is 5.60. The van der Waals surface area contributed by atoms with E-state index in [0.717, 1.165) is 32.4 Å². The maximum Gasteiger partial charge on any atom is 0.200 e. The third kappa shape index (κ3) is 2.99. The van der Waals surface area contributed by atoms with Gasteiger partial charge < -0.3 is 0 Å². The van der Waals surface area contributed by atoms with Gasteiger partial charge in [-0.2, -0.15) is 0 Å². The Morgan fingerprint density at radius 2 is 1.40 bits per heavy atom. The maximum atomic E-state index is 13.8. The number of rotatable bonds is 3. The molecule has 3 aromatic rings. The molecule has 2 heterocycles. The van der Waals surface area contributed by atoms with Gasteiger partial charge in [0.05, 0.1) is 0 Å². The molecule has 1 aromatic carbocycles. The average molecular weight is 390 g/mol. The van der Waals surface area contributed by atoms with E-state index in [1.54, 1.807) is 6.92 Å². The van der Waals surface area contributed by atoms with Crippen molar-refractivity contribution >= 4 is 33.3 Å². The summed E-state index contributed by atoms with van der Waals surface area (Å²) in [5.74, 6) is -9.65. The number of fused-ring (bicyclic) bond motifs is 1. The zero-order valence-electron chi connectivity index (χ0n) is 13.3. The van der Waals surface area contributed by atoms with Crippen LogP contribution in [0.25, 0.3) is 10.2 Å². The normalized spacial score (nSPS) is 11.5. The van der Waals surface area contributed by atoms with Crippen LogP contribution in [-0.4, -0.2) is 9.97 Å². The van der Waals surface area contributed by atoms with Gasteiger partial charge in [0.1, 0.15) is 15.7 Å². The molecule has 0 N–H and O–H groups in total. The molecule has 0 bridgehead atoms. The Labute approximate surface area is 148 Å². The van der Waals surface area contributed by atoms with Crippen LogP contribution in [0.2, 0.25) is 0 Å². The molecule has 0 radical (unpaired) electrons. The lowest BCUT2D eigenvalue weighted by molar-refractivity contribution is 0.372. The summed E-state index contributed by atoms with van der Waals surface area (Å²) in [5, 5.41) is 1.19. The quantitative estimate of drug-likeness (QED) is 0.191. The topological polar surface area (TPSA) is 25.8 Å². The third-order valence-electron chi connectivity index (χ3n) is 3.76. The summed E-state index contributed by atoms with van der Waals surface area (Å²) in [5.41, 5.74) is 0.0651. The van der Waals surface area contributed by atoms with Gasteiger partial charge in [0.2, 0.25) is 5.82 Å². The Hall–Kier alpha value is -1.74. The standard InChI is InChI=1S/C16H11F5N2S2/c1-5-6(2)25-16-9(5)15(22-7(3)23-16)24-4-8-10(17)12(19)14(21)13(20)11(8)18/h4H2,1-3H3. The van der Waals surface area contributed by atoms with Gasteiger partial charge in [-0.25, -0.2) is 31.9 Å². The molecule has 132 valence electrons. The number of halogens is 5. The Bertz CT molecular complexity index is 971. The van der Waals surface area contributed by atoms with Crippen LogP contribution in [0.5, 0.6) is 0 Å². The van der Waals surface area contributed by atoms with Crippen LogP contribution in [-0.2, 0) is 5.75 Å². The number of hydrogen-bond acceptors (Lipinski definition) is 4. The Morgan fingerprint density at radius 1 is 0.840 bits per heavy atom. The van der Waals surface area contributed by atoms with Crippen molar-refractivity contribution in [1.29, 1.82) is 0 Å². The van der Waals surface area contributed by atoms with E-state index in [4.69, 9.17) is 0 Å². The lowest BCUT2D eigenvalue weighted by Crippen LogP contribution is -2.06. The number of hydrogen-bond donors (Lipinski definition) is 0. The molecule has 25 heavy (non-hydrogen) atoms. The molecule has 0 aliphatic rings. The second kappa shape index (κ2) is 6.53. The minimum atomic E-state index is -2.16. The van der Waals surface area contributed by atoms with Crippen molar-refractivity contribution in [3.05, 3.63) is 50.9 Å². The minimum absolute atomic E-state index is 0.439. The summed E-state index contributed by atoms with van der Waals surface area (Å²) >= 11 is 2.38. The Kier molecular flexibility index (Phi) is 4.72. The van der Waals surface area contributed by atoms with Crippen molar-refractivity contribution in [2.75, 3.05) is 0 Å². The number of nitrogens with zero attached hydrogens (tertiary/aromatic N) is 2. The predicted molar refractivity (Wildman–Crippen MR) is 87.4 cm³/mol. The fourth-order valence-electron chi connectivity index (χ4n) is 2.34. The molecule has 0 fully saturated rings. The zero-order chi connectivity index (χ0) is 18.5. The van der Waals surface area contributed by atoms with Gasteiger partial charge in [0.15, 0.2) is 23.3 Å². The highest BCUT2D eigenvalue weighted by Gasteiger charge is 2.26. The van der Waals surface area contributed by atoms with E-state index in [1.807, 2.05) is 13.8 Å². The van der Waals surface area contributed by atoms with E-state index < -0.39 is 40.4 Å². The van der Waals surface area contributed by atoms with Crippen LogP contribution < -0.4 is 0 Å². The summed E-state index contributed by atoms with van der Waals surface area (Å²) in [6, 6.07) is 0. The van der Waals surface area contributed by atoms with Crippen LogP contribution in [0.15, 0.2) is 5.03 Å². The molecule has 3 rings (SSSR count). The van der Waals surface area contributed by atoms with Gasteiger partial charge in [0.25, 0.3) is 0 Å². The van der Waals surface area contributed by atoms with E-state index >= 15 is 0 Å². The largest absolute Gasteiger partial charge is 0.226 e. The van der Waals surface area contributed by atoms with Crippen LogP contribution >= 0.6 is 23.1 Å². The molecule has 0 spiro atoms. The molecule has 0 aliphatic carbocycles. The van der Waals surface area contributed by atoms with Gasteiger partial charge in [-0.15, -0.1) is 23.1 Å². The summed E-state index contributed by atoms with van der Waals surface area (Å²) in [4.78, 5) is 10.3. The van der Waals surface area contributed by atoms with Crippen molar-refractivity contribution in [3.63, 3.8) is 0 Å². The SMILES string of the molecule is Cc1nc(SCc2c(F)c(F)c(F)c(F)c2F)c2c(C)c(C)sc2n1. The second-order valence-corrected chi connectivity index (χ2v) is 7.54. The number of benzene rings is 1. The minimum Gasteiger partial charge on any atom is -0.226 e. The van der Waals surface area contributed by atoms with Crippen molar-refractivity contribution < 1.29 is 22.0 Å². The first-order chi connectivity index (χ1) is 11.7. The molecule has 0 aliphatic heterocycles. The average Bonchev–Trinajstić information content (AvgIpc) is 2.85. The molecule has 0 amide bonds. The Morgan fingerprint density at radius 3 is 2.00 bits per heavy atom. The summed E-state index contributed by atoms with van der Waals surface area (Å²) in [6.45, 7) is 5.46.